The van der Waals surface area contributed by atoms with E-state index in [1.54, 1.807) is 18.2 Å². The fraction of sp³-hybridized carbons (Fsp3) is 0. The maximum Gasteiger partial charge on any atom is 0.379 e. The maximum absolute atomic E-state index is 11.5. The third kappa shape index (κ3) is 5.43. The molecule has 0 spiro atoms. The molecule has 0 atom stereocenters. The van der Waals surface area contributed by atoms with Crippen molar-refractivity contribution < 1.29 is 34.7 Å². The molecule has 7 nitrogen and oxygen atoms in total. The van der Waals surface area contributed by atoms with E-state index in [1.807, 2.05) is 0 Å². The van der Waals surface area contributed by atoms with E-state index in [1.165, 1.54) is 36.4 Å². The summed E-state index contributed by atoms with van der Waals surface area (Å²) in [4.78, 5) is 31.5. The minimum atomic E-state index is -0.993. The van der Waals surface area contributed by atoms with E-state index in [0.29, 0.717) is 5.56 Å². The summed E-state index contributed by atoms with van der Waals surface area (Å²) in [6.45, 7) is 0. The van der Waals surface area contributed by atoms with Gasteiger partial charge in [0.1, 0.15) is 17.2 Å². The van der Waals surface area contributed by atoms with Crippen LogP contribution in [0, 0.1) is 0 Å². The molecule has 0 aliphatic rings. The molecule has 7 heteroatoms. The van der Waals surface area contributed by atoms with Crippen molar-refractivity contribution in [3.63, 3.8) is 0 Å². The first kappa shape index (κ1) is 17.6. The third-order valence-corrected chi connectivity index (χ3v) is 2.95. The highest BCUT2D eigenvalue weighted by atomic mass is 17.2. The van der Waals surface area contributed by atoms with Gasteiger partial charge < -0.3 is 15.3 Å². The standard InChI is InChI=1S/C18H14O7/c19-14-7-8-16(21)13(11-14)6-10-18(23)25-24-17(22)9-5-12-3-1-2-4-15(12)20/h1-11,19-21H/b9-5+,10-6+. The van der Waals surface area contributed by atoms with Gasteiger partial charge in [-0.05, 0) is 36.4 Å². The van der Waals surface area contributed by atoms with Crippen molar-refractivity contribution in [2.24, 2.45) is 0 Å². The largest absolute Gasteiger partial charge is 0.508 e. The smallest absolute Gasteiger partial charge is 0.379 e. The lowest BCUT2D eigenvalue weighted by molar-refractivity contribution is -0.250. The predicted octanol–water partition coefficient (Wildman–Crippen LogP) is 2.53. The fourth-order valence-corrected chi connectivity index (χ4v) is 1.76. The Bertz CT molecular complexity index is 837. The molecule has 2 aromatic carbocycles. The monoisotopic (exact) mass is 342 g/mol. The van der Waals surface area contributed by atoms with Crippen LogP contribution in [0.25, 0.3) is 12.2 Å². The molecule has 0 saturated carbocycles. The lowest BCUT2D eigenvalue weighted by atomic mass is 10.2. The number of benzene rings is 2. The third-order valence-electron chi connectivity index (χ3n) is 2.95. The second kappa shape index (κ2) is 8.21. The molecule has 128 valence electrons. The average Bonchev–Trinajstić information content (AvgIpc) is 2.60. The lowest BCUT2D eigenvalue weighted by Gasteiger charge is -2.00. The van der Waals surface area contributed by atoms with E-state index in [4.69, 9.17) is 0 Å². The van der Waals surface area contributed by atoms with Crippen LogP contribution < -0.4 is 0 Å². The van der Waals surface area contributed by atoms with Crippen LogP contribution in [-0.4, -0.2) is 27.3 Å². The second-order valence-corrected chi connectivity index (χ2v) is 4.77. The number of carbonyl (C=O) groups excluding carboxylic acids is 2. The molecule has 25 heavy (non-hydrogen) atoms. The second-order valence-electron chi connectivity index (χ2n) is 4.77. The van der Waals surface area contributed by atoms with E-state index >= 15 is 0 Å². The molecule has 0 unspecified atom stereocenters. The molecule has 0 fully saturated rings. The molecule has 0 amide bonds. The highest BCUT2D eigenvalue weighted by Gasteiger charge is 2.06. The van der Waals surface area contributed by atoms with Crippen LogP contribution in [0.4, 0.5) is 0 Å². The minimum absolute atomic E-state index is 0.0163. The number of carbonyl (C=O) groups is 2. The van der Waals surface area contributed by atoms with Crippen LogP contribution in [0.15, 0.2) is 54.6 Å². The lowest BCUT2D eigenvalue weighted by Crippen LogP contribution is -2.06. The van der Waals surface area contributed by atoms with Crippen molar-refractivity contribution >= 4 is 24.1 Å². The van der Waals surface area contributed by atoms with Crippen molar-refractivity contribution in [3.8, 4) is 17.2 Å². The summed E-state index contributed by atoms with van der Waals surface area (Å²) in [5, 5.41) is 28.4. The normalized spacial score (nSPS) is 10.9. The number of phenols is 3. The Morgan fingerprint density at radius 2 is 1.32 bits per heavy atom. The summed E-state index contributed by atoms with van der Waals surface area (Å²) in [5.74, 6) is -2.20. The molecule has 0 heterocycles. The van der Waals surface area contributed by atoms with Gasteiger partial charge >= 0.3 is 11.9 Å². The first-order valence-electron chi connectivity index (χ1n) is 7.04. The van der Waals surface area contributed by atoms with Gasteiger partial charge in [0.2, 0.25) is 0 Å². The number of phenolic OH excluding ortho intramolecular Hbond substituents is 3. The number of para-hydroxylation sites is 1. The minimum Gasteiger partial charge on any atom is -0.508 e. The van der Waals surface area contributed by atoms with Gasteiger partial charge in [0.25, 0.3) is 0 Å². The Kier molecular flexibility index (Phi) is 5.78. The molecule has 0 aromatic heterocycles. The molecular weight excluding hydrogens is 328 g/mol. The van der Waals surface area contributed by atoms with Crippen LogP contribution in [0.1, 0.15) is 11.1 Å². The molecule has 0 aliphatic heterocycles. The van der Waals surface area contributed by atoms with E-state index in [2.05, 4.69) is 9.78 Å². The summed E-state index contributed by atoms with van der Waals surface area (Å²) in [5.41, 5.74) is 0.577. The number of hydrogen-bond donors (Lipinski definition) is 3. The maximum atomic E-state index is 11.5. The van der Waals surface area contributed by atoms with Gasteiger partial charge in [0.15, 0.2) is 0 Å². The molecule has 0 aliphatic carbocycles. The van der Waals surface area contributed by atoms with Crippen LogP contribution in [0.5, 0.6) is 17.2 Å². The summed E-state index contributed by atoms with van der Waals surface area (Å²) < 4.78 is 0. The first-order valence-corrected chi connectivity index (χ1v) is 7.04. The zero-order chi connectivity index (χ0) is 18.2. The fourth-order valence-electron chi connectivity index (χ4n) is 1.76. The summed E-state index contributed by atoms with van der Waals surface area (Å²) in [6, 6.07) is 10.1. The van der Waals surface area contributed by atoms with Crippen LogP contribution in [-0.2, 0) is 19.4 Å². The van der Waals surface area contributed by atoms with Crippen molar-refractivity contribution in [3.05, 3.63) is 65.7 Å². The Labute approximate surface area is 142 Å². The van der Waals surface area contributed by atoms with Gasteiger partial charge in [0.05, 0.1) is 0 Å². The highest BCUT2D eigenvalue weighted by Crippen LogP contribution is 2.23. The van der Waals surface area contributed by atoms with Crippen LogP contribution in [0.2, 0.25) is 0 Å². The molecule has 0 bridgehead atoms. The quantitative estimate of drug-likeness (QED) is 0.339. The van der Waals surface area contributed by atoms with Crippen molar-refractivity contribution in [1.82, 2.24) is 0 Å². The van der Waals surface area contributed by atoms with Crippen LogP contribution in [0.3, 0.4) is 0 Å². The van der Waals surface area contributed by atoms with Gasteiger partial charge in [-0.25, -0.2) is 19.4 Å². The molecule has 3 N–H and O–H groups in total. The summed E-state index contributed by atoms with van der Waals surface area (Å²) in [7, 11) is 0. The first-order chi connectivity index (χ1) is 12.0. The number of aromatic hydroxyl groups is 3. The molecule has 0 radical (unpaired) electrons. The van der Waals surface area contributed by atoms with E-state index < -0.39 is 11.9 Å². The van der Waals surface area contributed by atoms with E-state index in [0.717, 1.165) is 12.2 Å². The van der Waals surface area contributed by atoms with E-state index in [9.17, 15) is 24.9 Å². The zero-order valence-electron chi connectivity index (χ0n) is 12.8. The Morgan fingerprint density at radius 3 is 1.96 bits per heavy atom. The van der Waals surface area contributed by atoms with Crippen LogP contribution >= 0.6 is 0 Å². The topological polar surface area (TPSA) is 113 Å². The highest BCUT2D eigenvalue weighted by molar-refractivity contribution is 5.90. The molecule has 0 saturated heterocycles. The predicted molar refractivity (Wildman–Crippen MR) is 88.1 cm³/mol. The van der Waals surface area contributed by atoms with Crippen molar-refractivity contribution in [2.75, 3.05) is 0 Å². The van der Waals surface area contributed by atoms with Crippen molar-refractivity contribution in [1.29, 1.82) is 0 Å². The van der Waals surface area contributed by atoms with Crippen molar-refractivity contribution in [2.45, 2.75) is 0 Å². The van der Waals surface area contributed by atoms with Gasteiger partial charge in [-0.1, -0.05) is 18.2 Å². The Hall–Kier alpha value is -3.74. The van der Waals surface area contributed by atoms with Gasteiger partial charge in [-0.15, -0.1) is 0 Å². The Morgan fingerprint density at radius 1 is 0.760 bits per heavy atom. The molecular formula is C18H14O7. The average molecular weight is 342 g/mol. The zero-order valence-corrected chi connectivity index (χ0v) is 12.8. The number of rotatable bonds is 4. The Balaban J connectivity index is 1.87. The van der Waals surface area contributed by atoms with Gasteiger partial charge in [0, 0.05) is 23.3 Å². The molecule has 2 rings (SSSR count). The molecule has 2 aromatic rings. The number of hydrogen-bond acceptors (Lipinski definition) is 7. The van der Waals surface area contributed by atoms with Gasteiger partial charge in [-0.3, -0.25) is 0 Å². The summed E-state index contributed by atoms with van der Waals surface area (Å²) in [6.07, 6.45) is 4.37. The van der Waals surface area contributed by atoms with E-state index in [-0.39, 0.29) is 22.8 Å². The summed E-state index contributed by atoms with van der Waals surface area (Å²) >= 11 is 0. The van der Waals surface area contributed by atoms with Gasteiger partial charge in [-0.2, -0.15) is 0 Å². The SMILES string of the molecule is O=C(/C=C/c1ccccc1O)OOC(=O)/C=C/c1cc(O)ccc1O.